The lowest BCUT2D eigenvalue weighted by molar-refractivity contribution is -0.122. The molecule has 0 heterocycles. The molecule has 0 aromatic heterocycles. The summed E-state index contributed by atoms with van der Waals surface area (Å²) in [7, 11) is 0. The van der Waals surface area contributed by atoms with E-state index in [4.69, 9.17) is 0 Å². The fourth-order valence-corrected chi connectivity index (χ4v) is 5.40. The molecule has 0 saturated carbocycles. The molecule has 0 spiro atoms. The number of hydrogen-bond donors (Lipinski definition) is 0. The van der Waals surface area contributed by atoms with Crippen molar-refractivity contribution in [1.82, 2.24) is 0 Å². The van der Waals surface area contributed by atoms with Gasteiger partial charge in [-0.2, -0.15) is 0 Å². The molecule has 1 nitrogen and oxygen atoms in total. The molecule has 2 unspecified atom stereocenters. The molecular formula is C33H32Br2O. The highest BCUT2D eigenvalue weighted by atomic mass is 79.9. The lowest BCUT2D eigenvalue weighted by Gasteiger charge is -2.23. The minimum absolute atomic E-state index is 0.0864. The van der Waals surface area contributed by atoms with Gasteiger partial charge in [0.1, 0.15) is 5.78 Å². The summed E-state index contributed by atoms with van der Waals surface area (Å²) in [6, 6.07) is 33.9. The number of carbonyl (C=O) groups is 1. The Bertz CT molecular complexity index is 1160. The Labute approximate surface area is 232 Å². The van der Waals surface area contributed by atoms with Gasteiger partial charge < -0.3 is 0 Å². The van der Waals surface area contributed by atoms with Gasteiger partial charge in [0.25, 0.3) is 0 Å². The Balaban J connectivity index is 1.58. The molecule has 4 rings (SSSR count). The van der Waals surface area contributed by atoms with Gasteiger partial charge in [-0.25, -0.2) is 0 Å². The Morgan fingerprint density at radius 3 is 1.08 bits per heavy atom. The van der Waals surface area contributed by atoms with Gasteiger partial charge in [-0.15, -0.1) is 0 Å². The van der Waals surface area contributed by atoms with Crippen LogP contribution in [0.25, 0.3) is 22.3 Å². The van der Waals surface area contributed by atoms with Crippen molar-refractivity contribution in [2.45, 2.75) is 51.4 Å². The van der Waals surface area contributed by atoms with Crippen LogP contribution in [0.5, 0.6) is 0 Å². The quantitative estimate of drug-likeness (QED) is 0.176. The van der Waals surface area contributed by atoms with Crippen molar-refractivity contribution in [3.63, 3.8) is 0 Å². The van der Waals surface area contributed by atoms with E-state index in [0.717, 1.165) is 45.8 Å². The van der Waals surface area contributed by atoms with Crippen molar-refractivity contribution in [2.75, 3.05) is 0 Å². The summed E-state index contributed by atoms with van der Waals surface area (Å²) in [4.78, 5) is 14.0. The van der Waals surface area contributed by atoms with Crippen molar-refractivity contribution in [3.8, 4) is 22.3 Å². The molecule has 0 saturated heterocycles. The molecule has 4 aromatic carbocycles. The molecule has 2 atom stereocenters. The van der Waals surface area contributed by atoms with E-state index in [-0.39, 0.29) is 11.8 Å². The summed E-state index contributed by atoms with van der Waals surface area (Å²) < 4.78 is 2.15. The first-order valence-electron chi connectivity index (χ1n) is 12.8. The maximum Gasteiger partial charge on any atom is 0.147 e. The normalized spacial score (nSPS) is 12.8. The second-order valence-electron chi connectivity index (χ2n) is 9.34. The highest BCUT2D eigenvalue weighted by molar-refractivity contribution is 9.10. The van der Waals surface area contributed by atoms with Crippen LogP contribution in [0.2, 0.25) is 0 Å². The van der Waals surface area contributed by atoms with Gasteiger partial charge in [0.15, 0.2) is 0 Å². The van der Waals surface area contributed by atoms with Crippen LogP contribution in [0, 0.1) is 0 Å². The molecule has 0 fully saturated rings. The van der Waals surface area contributed by atoms with Gasteiger partial charge in [0.2, 0.25) is 0 Å². The number of rotatable bonds is 10. The minimum Gasteiger partial charge on any atom is -0.298 e. The van der Waals surface area contributed by atoms with Crippen LogP contribution in [-0.4, -0.2) is 5.78 Å². The Morgan fingerprint density at radius 1 is 0.528 bits per heavy atom. The van der Waals surface area contributed by atoms with Crippen molar-refractivity contribution in [2.24, 2.45) is 0 Å². The van der Waals surface area contributed by atoms with Crippen molar-refractivity contribution < 1.29 is 4.79 Å². The van der Waals surface area contributed by atoms with E-state index in [1.807, 2.05) is 0 Å². The Hall–Kier alpha value is -2.49. The van der Waals surface area contributed by atoms with Crippen molar-refractivity contribution in [3.05, 3.63) is 117 Å². The van der Waals surface area contributed by atoms with E-state index >= 15 is 0 Å². The summed E-state index contributed by atoms with van der Waals surface area (Å²) in [5, 5.41) is 0. The van der Waals surface area contributed by atoms with E-state index in [1.165, 1.54) is 22.3 Å². The van der Waals surface area contributed by atoms with Gasteiger partial charge >= 0.3 is 0 Å². The van der Waals surface area contributed by atoms with E-state index in [2.05, 4.69) is 143 Å². The molecule has 0 bridgehead atoms. The summed E-state index contributed by atoms with van der Waals surface area (Å²) in [6.07, 6.45) is 3.69. The molecule has 0 aliphatic rings. The molecule has 0 aliphatic heterocycles. The molecule has 184 valence electrons. The van der Waals surface area contributed by atoms with E-state index in [1.54, 1.807) is 0 Å². The number of hydrogen-bond acceptors (Lipinski definition) is 1. The third kappa shape index (κ3) is 6.44. The van der Waals surface area contributed by atoms with Crippen LogP contribution in [0.4, 0.5) is 0 Å². The SMILES string of the molecule is CCCC(C(=O)C(CCC)c1ccc(-c2ccc(Br)cc2)cc1)c1ccc(-c2ccc(Br)cc2)cc1. The van der Waals surface area contributed by atoms with Crippen molar-refractivity contribution in [1.29, 1.82) is 0 Å². The number of benzene rings is 4. The zero-order valence-electron chi connectivity index (χ0n) is 20.9. The van der Waals surface area contributed by atoms with Gasteiger partial charge in [-0.1, -0.05) is 131 Å². The first-order valence-corrected chi connectivity index (χ1v) is 14.3. The fourth-order valence-electron chi connectivity index (χ4n) is 4.87. The first kappa shape index (κ1) is 26.6. The summed E-state index contributed by atoms with van der Waals surface area (Å²) >= 11 is 7.01. The predicted molar refractivity (Wildman–Crippen MR) is 159 cm³/mol. The smallest absolute Gasteiger partial charge is 0.147 e. The second kappa shape index (κ2) is 12.7. The van der Waals surface area contributed by atoms with E-state index in [0.29, 0.717) is 5.78 Å². The average Bonchev–Trinajstić information content (AvgIpc) is 2.91. The summed E-state index contributed by atoms with van der Waals surface area (Å²) in [6.45, 7) is 4.33. The third-order valence-electron chi connectivity index (χ3n) is 6.82. The monoisotopic (exact) mass is 602 g/mol. The first-order chi connectivity index (χ1) is 17.5. The molecule has 0 amide bonds. The van der Waals surface area contributed by atoms with E-state index in [9.17, 15) is 4.79 Å². The van der Waals surface area contributed by atoms with Crippen LogP contribution >= 0.6 is 31.9 Å². The topological polar surface area (TPSA) is 17.1 Å². The fraction of sp³-hybridized carbons (Fsp3) is 0.242. The lowest BCUT2D eigenvalue weighted by Crippen LogP contribution is -2.21. The average molecular weight is 604 g/mol. The summed E-state index contributed by atoms with van der Waals surface area (Å²) in [5.74, 6) is 0.166. The van der Waals surface area contributed by atoms with Crippen LogP contribution in [0.3, 0.4) is 0 Å². The maximum absolute atomic E-state index is 14.0. The van der Waals surface area contributed by atoms with Gasteiger partial charge in [0.05, 0.1) is 0 Å². The van der Waals surface area contributed by atoms with Gasteiger partial charge in [0, 0.05) is 20.8 Å². The number of ketones is 1. The molecule has 4 aromatic rings. The molecule has 0 N–H and O–H groups in total. The van der Waals surface area contributed by atoms with Gasteiger partial charge in [-0.05, 0) is 70.5 Å². The minimum atomic E-state index is -0.0864. The van der Waals surface area contributed by atoms with Crippen molar-refractivity contribution >= 4 is 37.6 Å². The number of halogens is 2. The second-order valence-corrected chi connectivity index (χ2v) is 11.2. The largest absolute Gasteiger partial charge is 0.298 e. The molecule has 0 aliphatic carbocycles. The zero-order chi connectivity index (χ0) is 25.5. The van der Waals surface area contributed by atoms with Gasteiger partial charge in [-0.3, -0.25) is 4.79 Å². The lowest BCUT2D eigenvalue weighted by atomic mass is 9.79. The van der Waals surface area contributed by atoms with E-state index < -0.39 is 0 Å². The van der Waals surface area contributed by atoms with Crippen LogP contribution in [0.1, 0.15) is 62.5 Å². The molecule has 36 heavy (non-hydrogen) atoms. The van der Waals surface area contributed by atoms with Crippen LogP contribution < -0.4 is 0 Å². The standard InChI is InChI=1S/C33H32Br2O/c1-3-5-31(27-11-7-23(8-12-27)25-15-19-29(34)20-16-25)33(36)32(6-4-2)28-13-9-24(10-14-28)26-17-21-30(35)22-18-26/h7-22,31-32H,3-6H2,1-2H3. The summed E-state index contributed by atoms with van der Waals surface area (Å²) in [5.41, 5.74) is 6.94. The van der Waals surface area contributed by atoms with Crippen LogP contribution in [0.15, 0.2) is 106 Å². The third-order valence-corrected chi connectivity index (χ3v) is 7.88. The highest BCUT2D eigenvalue weighted by Gasteiger charge is 2.28. The predicted octanol–water partition coefficient (Wildman–Crippen LogP) is 10.6. The number of carbonyl (C=O) groups excluding carboxylic acids is 1. The number of Topliss-reactive ketones (excluding diaryl/α,β-unsaturated/α-hetero) is 1. The molecule has 3 heteroatoms. The zero-order valence-corrected chi connectivity index (χ0v) is 24.1. The molecule has 0 radical (unpaired) electrons. The molecular weight excluding hydrogens is 572 g/mol. The Kier molecular flexibility index (Phi) is 9.34. The Morgan fingerprint density at radius 2 is 0.806 bits per heavy atom. The van der Waals surface area contributed by atoms with Crippen LogP contribution in [-0.2, 0) is 4.79 Å². The maximum atomic E-state index is 14.0. The highest BCUT2D eigenvalue weighted by Crippen LogP contribution is 2.35.